The Kier molecular flexibility index (Phi) is 5.99. The van der Waals surface area contributed by atoms with Gasteiger partial charge < -0.3 is 19.5 Å². The van der Waals surface area contributed by atoms with Gasteiger partial charge in [0, 0.05) is 18.2 Å². The van der Waals surface area contributed by atoms with Crippen molar-refractivity contribution in [3.8, 4) is 11.5 Å². The highest BCUT2D eigenvalue weighted by molar-refractivity contribution is 6.32. The van der Waals surface area contributed by atoms with E-state index in [-0.39, 0.29) is 16.3 Å². The molecule has 1 amide bonds. The lowest BCUT2D eigenvalue weighted by Crippen LogP contribution is -2.30. The molecule has 1 aliphatic rings. The van der Waals surface area contributed by atoms with Gasteiger partial charge in [0.2, 0.25) is 0 Å². The summed E-state index contributed by atoms with van der Waals surface area (Å²) < 4.78 is 42.3. The number of ether oxygens (including phenoxy) is 3. The molecule has 0 unspecified atom stereocenters. The monoisotopic (exact) mass is 411 g/mol. The number of hydrogen-bond donors (Lipinski definition) is 1. The minimum absolute atomic E-state index is 0.0328. The predicted molar refractivity (Wildman–Crippen MR) is 96.9 cm³/mol. The molecule has 0 fully saturated rings. The van der Waals surface area contributed by atoms with Crippen molar-refractivity contribution in [2.24, 2.45) is 0 Å². The molecule has 1 heterocycles. The topological polar surface area (TPSA) is 73.9 Å². The molecule has 2 aromatic carbocycles. The first-order valence-electron chi connectivity index (χ1n) is 8.41. The second kappa shape index (κ2) is 8.43. The van der Waals surface area contributed by atoms with Gasteiger partial charge in [0.05, 0.1) is 23.8 Å². The Hall–Kier alpha value is -2.87. The van der Waals surface area contributed by atoms with Crippen molar-refractivity contribution in [3.63, 3.8) is 0 Å². The third-order valence-corrected chi connectivity index (χ3v) is 4.16. The van der Waals surface area contributed by atoms with E-state index in [0.717, 1.165) is 12.1 Å². The Morgan fingerprint density at radius 2 is 1.89 bits per heavy atom. The summed E-state index contributed by atoms with van der Waals surface area (Å²) in [4.78, 5) is 24.5. The summed E-state index contributed by atoms with van der Waals surface area (Å²) in [5.41, 5.74) is 0.118. The summed E-state index contributed by atoms with van der Waals surface area (Å²) in [6.45, 7) is 2.20. The Bertz CT molecular complexity index is 921. The fourth-order valence-corrected chi connectivity index (χ4v) is 2.71. The third kappa shape index (κ3) is 4.51. The normalized spacial score (nSPS) is 14.0. The van der Waals surface area contributed by atoms with Crippen LogP contribution in [0.15, 0.2) is 30.3 Å². The smallest absolute Gasteiger partial charge is 0.339 e. The lowest BCUT2D eigenvalue weighted by atomic mass is 10.2. The molecule has 1 aliphatic heterocycles. The van der Waals surface area contributed by atoms with Crippen LogP contribution in [0.5, 0.6) is 11.5 Å². The number of rotatable bonds is 4. The lowest BCUT2D eigenvalue weighted by molar-refractivity contribution is -0.123. The number of anilines is 1. The zero-order valence-electron chi connectivity index (χ0n) is 14.8. The molecule has 0 aliphatic carbocycles. The van der Waals surface area contributed by atoms with Gasteiger partial charge in [0.15, 0.2) is 29.2 Å². The average molecular weight is 412 g/mol. The van der Waals surface area contributed by atoms with Crippen molar-refractivity contribution in [1.82, 2.24) is 0 Å². The Balaban J connectivity index is 1.68. The van der Waals surface area contributed by atoms with Crippen molar-refractivity contribution >= 4 is 29.2 Å². The van der Waals surface area contributed by atoms with Gasteiger partial charge in [-0.1, -0.05) is 11.6 Å². The molecule has 2 aromatic rings. The molecule has 28 heavy (non-hydrogen) atoms. The molecule has 0 spiro atoms. The number of hydrogen-bond acceptors (Lipinski definition) is 5. The first-order valence-corrected chi connectivity index (χ1v) is 8.79. The van der Waals surface area contributed by atoms with E-state index in [1.807, 2.05) is 0 Å². The molecule has 3 rings (SSSR count). The van der Waals surface area contributed by atoms with Gasteiger partial charge in [-0.15, -0.1) is 0 Å². The number of esters is 1. The van der Waals surface area contributed by atoms with E-state index >= 15 is 0 Å². The maximum Gasteiger partial charge on any atom is 0.339 e. The van der Waals surface area contributed by atoms with Crippen molar-refractivity contribution in [2.45, 2.75) is 19.4 Å². The summed E-state index contributed by atoms with van der Waals surface area (Å²) in [5, 5.41) is 2.53. The van der Waals surface area contributed by atoms with E-state index in [1.54, 1.807) is 0 Å². The Labute approximate surface area is 164 Å². The number of halogens is 3. The fraction of sp³-hybridized carbons (Fsp3) is 0.263. The molecule has 0 aromatic heterocycles. The van der Waals surface area contributed by atoms with Crippen LogP contribution in [-0.4, -0.2) is 31.2 Å². The van der Waals surface area contributed by atoms with Gasteiger partial charge in [-0.05, 0) is 31.2 Å². The van der Waals surface area contributed by atoms with E-state index in [0.29, 0.717) is 31.1 Å². The number of nitrogens with one attached hydrogen (secondary N) is 1. The summed E-state index contributed by atoms with van der Waals surface area (Å²) in [7, 11) is 0. The molecule has 0 radical (unpaired) electrons. The molecule has 1 N–H and O–H groups in total. The maximum atomic E-state index is 13.2. The van der Waals surface area contributed by atoms with Crippen LogP contribution in [-0.2, 0) is 9.53 Å². The minimum Gasteiger partial charge on any atom is -0.489 e. The van der Waals surface area contributed by atoms with Crippen LogP contribution >= 0.6 is 11.6 Å². The zero-order chi connectivity index (χ0) is 20.3. The van der Waals surface area contributed by atoms with E-state index < -0.39 is 29.6 Å². The minimum atomic E-state index is -1.20. The van der Waals surface area contributed by atoms with E-state index in [2.05, 4.69) is 5.32 Å². The van der Waals surface area contributed by atoms with E-state index in [4.69, 9.17) is 25.8 Å². The highest BCUT2D eigenvalue weighted by Crippen LogP contribution is 2.38. The highest BCUT2D eigenvalue weighted by Gasteiger charge is 2.23. The van der Waals surface area contributed by atoms with E-state index in [1.165, 1.54) is 25.1 Å². The number of fused-ring (bicyclic) bond motifs is 1. The molecule has 1 atom stereocenters. The molecule has 6 nitrogen and oxygen atoms in total. The quantitative estimate of drug-likeness (QED) is 0.771. The number of carbonyl (C=O) groups is 2. The molecule has 0 saturated carbocycles. The average Bonchev–Trinajstić information content (AvgIpc) is 2.90. The van der Waals surface area contributed by atoms with Crippen LogP contribution in [0.2, 0.25) is 5.02 Å². The van der Waals surface area contributed by atoms with Crippen LogP contribution in [0.1, 0.15) is 23.7 Å². The van der Waals surface area contributed by atoms with Gasteiger partial charge in [-0.2, -0.15) is 0 Å². The predicted octanol–water partition coefficient (Wildman–Crippen LogP) is 3.96. The van der Waals surface area contributed by atoms with Gasteiger partial charge >= 0.3 is 5.97 Å². The Morgan fingerprint density at radius 1 is 1.14 bits per heavy atom. The summed E-state index contributed by atoms with van der Waals surface area (Å²) >= 11 is 6.14. The first-order chi connectivity index (χ1) is 13.3. The lowest BCUT2D eigenvalue weighted by Gasteiger charge is -2.15. The molecule has 0 bridgehead atoms. The summed E-state index contributed by atoms with van der Waals surface area (Å²) in [6, 6.07) is 5.67. The SMILES string of the molecule is C[C@@H](OC(=O)c1cc(Cl)c2c(c1)OCCCO2)C(=O)Nc1ccc(F)c(F)c1. The van der Waals surface area contributed by atoms with Gasteiger partial charge in [-0.25, -0.2) is 13.6 Å². The summed E-state index contributed by atoms with van der Waals surface area (Å²) in [6.07, 6.45) is -0.526. The molecule has 148 valence electrons. The maximum absolute atomic E-state index is 13.2. The standard InChI is InChI=1S/C19H16ClF2NO5/c1-10(18(24)23-12-3-4-14(21)15(22)9-12)28-19(25)11-7-13(20)17-16(8-11)26-5-2-6-27-17/h3-4,7-10H,2,5-6H2,1H3,(H,23,24)/t10-/m1/s1. The number of amides is 1. The third-order valence-electron chi connectivity index (χ3n) is 3.88. The first kappa shape index (κ1) is 19.9. The van der Waals surface area contributed by atoms with Crippen LogP contribution in [0.4, 0.5) is 14.5 Å². The molecule has 0 saturated heterocycles. The second-order valence-electron chi connectivity index (χ2n) is 6.00. The van der Waals surface area contributed by atoms with Crippen molar-refractivity contribution < 1.29 is 32.6 Å². The van der Waals surface area contributed by atoms with E-state index in [9.17, 15) is 18.4 Å². The van der Waals surface area contributed by atoms with Crippen molar-refractivity contribution in [3.05, 3.63) is 52.6 Å². The fourth-order valence-electron chi connectivity index (χ4n) is 2.45. The van der Waals surface area contributed by atoms with Crippen LogP contribution in [0.3, 0.4) is 0 Å². The summed E-state index contributed by atoms with van der Waals surface area (Å²) in [5.74, 6) is -2.99. The zero-order valence-corrected chi connectivity index (χ0v) is 15.5. The number of carbonyl (C=O) groups excluding carboxylic acids is 2. The number of benzene rings is 2. The van der Waals surface area contributed by atoms with Gasteiger partial charge in [-0.3, -0.25) is 4.79 Å². The van der Waals surface area contributed by atoms with Gasteiger partial charge in [0.1, 0.15) is 0 Å². The Morgan fingerprint density at radius 3 is 2.64 bits per heavy atom. The highest BCUT2D eigenvalue weighted by atomic mass is 35.5. The van der Waals surface area contributed by atoms with Crippen LogP contribution in [0, 0.1) is 11.6 Å². The molecular weight excluding hydrogens is 396 g/mol. The largest absolute Gasteiger partial charge is 0.489 e. The van der Waals surface area contributed by atoms with Gasteiger partial charge in [0.25, 0.3) is 5.91 Å². The van der Waals surface area contributed by atoms with Crippen LogP contribution < -0.4 is 14.8 Å². The van der Waals surface area contributed by atoms with Crippen molar-refractivity contribution in [1.29, 1.82) is 0 Å². The molecular formula is C19H16ClF2NO5. The van der Waals surface area contributed by atoms with Crippen LogP contribution in [0.25, 0.3) is 0 Å². The second-order valence-corrected chi connectivity index (χ2v) is 6.41. The molecule has 9 heteroatoms. The van der Waals surface area contributed by atoms with Crippen molar-refractivity contribution in [2.75, 3.05) is 18.5 Å².